The van der Waals surface area contributed by atoms with Crippen molar-refractivity contribution in [1.82, 2.24) is 9.88 Å². The van der Waals surface area contributed by atoms with Crippen molar-refractivity contribution in [2.24, 2.45) is 0 Å². The second-order valence-corrected chi connectivity index (χ2v) is 6.34. The second-order valence-electron chi connectivity index (χ2n) is 6.34. The number of aryl methyl sites for hydroxylation is 1. The van der Waals surface area contributed by atoms with E-state index < -0.39 is 0 Å². The van der Waals surface area contributed by atoms with Gasteiger partial charge in [0.25, 0.3) is 5.91 Å². The first-order valence-electron chi connectivity index (χ1n) is 8.19. The number of methoxy groups -OCH3 is 1. The van der Waals surface area contributed by atoms with E-state index in [-0.39, 0.29) is 5.91 Å². The molecule has 122 valence electrons. The topological polar surface area (TPSA) is 45.3 Å². The zero-order chi connectivity index (χ0) is 16.7. The van der Waals surface area contributed by atoms with Crippen LogP contribution in [0.25, 0.3) is 10.9 Å². The molecule has 4 nitrogen and oxygen atoms in total. The molecule has 0 bridgehead atoms. The summed E-state index contributed by atoms with van der Waals surface area (Å²) >= 11 is 0. The maximum absolute atomic E-state index is 12.8. The number of rotatable bonds is 2. The summed E-state index contributed by atoms with van der Waals surface area (Å²) in [6.07, 6.45) is 0.866. The highest BCUT2D eigenvalue weighted by Crippen LogP contribution is 2.29. The number of aromatic amines is 1. The Morgan fingerprint density at radius 3 is 2.71 bits per heavy atom. The third kappa shape index (κ3) is 2.44. The van der Waals surface area contributed by atoms with Crippen molar-refractivity contribution >= 4 is 16.8 Å². The van der Waals surface area contributed by atoms with Crippen LogP contribution in [0.3, 0.4) is 0 Å². The third-order valence-electron chi connectivity index (χ3n) is 4.75. The van der Waals surface area contributed by atoms with Crippen LogP contribution in [0.1, 0.15) is 27.2 Å². The molecule has 4 rings (SSSR count). The van der Waals surface area contributed by atoms with E-state index in [1.807, 2.05) is 29.2 Å². The molecule has 0 unspecified atom stereocenters. The fraction of sp³-hybridized carbons (Fsp3) is 0.250. The summed E-state index contributed by atoms with van der Waals surface area (Å²) in [6.45, 7) is 3.49. The van der Waals surface area contributed by atoms with Crippen molar-refractivity contribution in [3.05, 3.63) is 64.8 Å². The SMILES string of the molecule is COc1ccc(C(=O)N2CCc3[nH]c4cc(C)ccc4c3C2)cc1. The lowest BCUT2D eigenvalue weighted by Crippen LogP contribution is -2.35. The molecule has 1 aromatic heterocycles. The number of nitrogens with one attached hydrogen (secondary N) is 1. The number of carbonyl (C=O) groups is 1. The largest absolute Gasteiger partial charge is 0.497 e. The average Bonchev–Trinajstić information content (AvgIpc) is 2.97. The normalized spacial score (nSPS) is 13.8. The molecule has 1 aliphatic heterocycles. The highest BCUT2D eigenvalue weighted by Gasteiger charge is 2.24. The van der Waals surface area contributed by atoms with Crippen LogP contribution < -0.4 is 4.74 Å². The van der Waals surface area contributed by atoms with Crippen LogP contribution in [-0.2, 0) is 13.0 Å². The Labute approximate surface area is 141 Å². The third-order valence-corrected chi connectivity index (χ3v) is 4.75. The summed E-state index contributed by atoms with van der Waals surface area (Å²) in [5.41, 5.74) is 5.62. The Kier molecular flexibility index (Phi) is 3.53. The summed E-state index contributed by atoms with van der Waals surface area (Å²) in [4.78, 5) is 18.2. The molecule has 24 heavy (non-hydrogen) atoms. The molecule has 2 heterocycles. The number of carbonyl (C=O) groups excluding carboxylic acids is 1. The van der Waals surface area contributed by atoms with Gasteiger partial charge in [-0.25, -0.2) is 0 Å². The molecule has 0 radical (unpaired) electrons. The van der Waals surface area contributed by atoms with Gasteiger partial charge in [0.1, 0.15) is 5.75 Å². The zero-order valence-corrected chi connectivity index (χ0v) is 13.9. The van der Waals surface area contributed by atoms with Gasteiger partial charge in [-0.1, -0.05) is 12.1 Å². The lowest BCUT2D eigenvalue weighted by molar-refractivity contribution is 0.0735. The summed E-state index contributed by atoms with van der Waals surface area (Å²) in [5.74, 6) is 0.837. The van der Waals surface area contributed by atoms with Gasteiger partial charge in [-0.2, -0.15) is 0 Å². The molecule has 0 aliphatic carbocycles. The van der Waals surface area contributed by atoms with Gasteiger partial charge in [-0.15, -0.1) is 0 Å². The molecule has 1 amide bonds. The van der Waals surface area contributed by atoms with Gasteiger partial charge in [0.2, 0.25) is 0 Å². The first kappa shape index (κ1) is 14.8. The fourth-order valence-corrected chi connectivity index (χ4v) is 3.43. The van der Waals surface area contributed by atoms with Crippen LogP contribution in [-0.4, -0.2) is 29.4 Å². The summed E-state index contributed by atoms with van der Waals surface area (Å²) in [7, 11) is 1.63. The molecule has 4 heteroatoms. The maximum atomic E-state index is 12.8. The number of H-pyrrole nitrogens is 1. The van der Waals surface area contributed by atoms with Gasteiger partial charge >= 0.3 is 0 Å². The first-order chi connectivity index (χ1) is 11.7. The minimum Gasteiger partial charge on any atom is -0.497 e. The second kappa shape index (κ2) is 5.71. The Morgan fingerprint density at radius 2 is 1.96 bits per heavy atom. The van der Waals surface area contributed by atoms with Crippen LogP contribution >= 0.6 is 0 Å². The predicted octanol–water partition coefficient (Wildman–Crippen LogP) is 3.68. The number of hydrogen-bond donors (Lipinski definition) is 1. The van der Waals surface area contributed by atoms with Crippen LogP contribution in [0.15, 0.2) is 42.5 Å². The van der Waals surface area contributed by atoms with Gasteiger partial charge in [0.15, 0.2) is 0 Å². The minimum atomic E-state index is 0.0739. The molecular formula is C20H20N2O2. The Bertz CT molecular complexity index is 909. The van der Waals surface area contributed by atoms with E-state index in [0.717, 1.165) is 18.7 Å². The van der Waals surface area contributed by atoms with Crippen molar-refractivity contribution in [3.63, 3.8) is 0 Å². The quantitative estimate of drug-likeness (QED) is 0.783. The summed E-state index contributed by atoms with van der Waals surface area (Å²) in [5, 5.41) is 1.22. The van der Waals surface area contributed by atoms with E-state index in [4.69, 9.17) is 4.74 Å². The molecule has 0 fully saturated rings. The van der Waals surface area contributed by atoms with Crippen LogP contribution in [0, 0.1) is 6.92 Å². The number of amides is 1. The zero-order valence-electron chi connectivity index (χ0n) is 13.9. The smallest absolute Gasteiger partial charge is 0.254 e. The molecule has 0 atom stereocenters. The highest BCUT2D eigenvalue weighted by atomic mass is 16.5. The van der Waals surface area contributed by atoms with Gasteiger partial charge < -0.3 is 14.6 Å². The summed E-state index contributed by atoms with van der Waals surface area (Å²) < 4.78 is 5.16. The van der Waals surface area contributed by atoms with E-state index >= 15 is 0 Å². The monoisotopic (exact) mass is 320 g/mol. The van der Waals surface area contributed by atoms with Gasteiger partial charge in [0, 0.05) is 47.2 Å². The fourth-order valence-electron chi connectivity index (χ4n) is 3.43. The minimum absolute atomic E-state index is 0.0739. The number of ether oxygens (including phenoxy) is 1. The van der Waals surface area contributed by atoms with Gasteiger partial charge in [0.05, 0.1) is 7.11 Å². The van der Waals surface area contributed by atoms with E-state index in [1.54, 1.807) is 7.11 Å². The van der Waals surface area contributed by atoms with Crippen LogP contribution in [0.5, 0.6) is 5.75 Å². The van der Waals surface area contributed by atoms with Gasteiger partial charge in [-0.05, 0) is 42.8 Å². The predicted molar refractivity (Wildman–Crippen MR) is 94.5 cm³/mol. The summed E-state index contributed by atoms with van der Waals surface area (Å²) in [6, 6.07) is 13.8. The van der Waals surface area contributed by atoms with E-state index in [2.05, 4.69) is 30.1 Å². The Hall–Kier alpha value is -2.75. The molecule has 0 spiro atoms. The molecule has 1 aliphatic rings. The van der Waals surface area contributed by atoms with E-state index in [0.29, 0.717) is 12.1 Å². The Morgan fingerprint density at radius 1 is 1.17 bits per heavy atom. The van der Waals surface area contributed by atoms with Gasteiger partial charge in [-0.3, -0.25) is 4.79 Å². The molecule has 2 aromatic carbocycles. The van der Waals surface area contributed by atoms with Crippen molar-refractivity contribution < 1.29 is 9.53 Å². The number of aromatic nitrogens is 1. The molecule has 0 saturated heterocycles. The number of hydrogen-bond acceptors (Lipinski definition) is 2. The number of fused-ring (bicyclic) bond motifs is 3. The van der Waals surface area contributed by atoms with Crippen molar-refractivity contribution in [2.45, 2.75) is 19.9 Å². The van der Waals surface area contributed by atoms with E-state index in [1.165, 1.54) is 27.7 Å². The van der Waals surface area contributed by atoms with Crippen molar-refractivity contribution in [1.29, 1.82) is 0 Å². The number of nitrogens with zero attached hydrogens (tertiary/aromatic N) is 1. The van der Waals surface area contributed by atoms with Crippen LogP contribution in [0.4, 0.5) is 0 Å². The molecule has 0 saturated carbocycles. The van der Waals surface area contributed by atoms with E-state index in [9.17, 15) is 4.79 Å². The lowest BCUT2D eigenvalue weighted by Gasteiger charge is -2.27. The lowest BCUT2D eigenvalue weighted by atomic mass is 10.0. The Balaban J connectivity index is 1.63. The first-order valence-corrected chi connectivity index (χ1v) is 8.19. The highest BCUT2D eigenvalue weighted by molar-refractivity contribution is 5.95. The number of benzene rings is 2. The molecular weight excluding hydrogens is 300 g/mol. The standard InChI is InChI=1S/C20H20N2O2/c1-13-3-8-16-17-12-22(10-9-18(17)21-19(16)11-13)20(23)14-4-6-15(24-2)7-5-14/h3-8,11,21H,9-10,12H2,1-2H3. The molecule has 1 N–H and O–H groups in total. The molecule has 3 aromatic rings. The van der Waals surface area contributed by atoms with Crippen molar-refractivity contribution in [2.75, 3.05) is 13.7 Å². The van der Waals surface area contributed by atoms with Crippen LogP contribution in [0.2, 0.25) is 0 Å². The average molecular weight is 320 g/mol. The maximum Gasteiger partial charge on any atom is 0.254 e. The van der Waals surface area contributed by atoms with Crippen molar-refractivity contribution in [3.8, 4) is 5.75 Å².